The van der Waals surface area contributed by atoms with Crippen LogP contribution >= 0.6 is 0 Å². The molecular weight excluding hydrogens is 576 g/mol. The topological polar surface area (TPSA) is 101 Å². The van der Waals surface area contributed by atoms with Crippen molar-refractivity contribution in [2.45, 2.75) is 81.2 Å². The van der Waals surface area contributed by atoms with Gasteiger partial charge in [0.2, 0.25) is 10.0 Å². The van der Waals surface area contributed by atoms with Crippen LogP contribution in [-0.2, 0) is 20.4 Å². The molecule has 0 spiro atoms. The van der Waals surface area contributed by atoms with Crippen LogP contribution in [0.25, 0.3) is 22.2 Å². The van der Waals surface area contributed by atoms with E-state index < -0.39 is 21.5 Å². The Kier molecular flexibility index (Phi) is 6.44. The lowest BCUT2D eigenvalue weighted by molar-refractivity contribution is -0.141. The summed E-state index contributed by atoms with van der Waals surface area (Å²) in [6.45, 7) is 2.45. The van der Waals surface area contributed by atoms with Gasteiger partial charge in [0.15, 0.2) is 0 Å². The number of hydrogen-bond donors (Lipinski definition) is 1. The second kappa shape index (κ2) is 10.1. The van der Waals surface area contributed by atoms with Gasteiger partial charge in [0.05, 0.1) is 31.2 Å². The zero-order valence-electron chi connectivity index (χ0n) is 25.5. The number of benzene rings is 2. The Labute approximate surface area is 258 Å². The maximum Gasteiger partial charge on any atom is 0.264 e. The molecule has 3 aliphatic heterocycles. The summed E-state index contributed by atoms with van der Waals surface area (Å²) < 4.78 is 34.0. The van der Waals surface area contributed by atoms with Gasteiger partial charge in [-0.25, -0.2) is 13.1 Å². The van der Waals surface area contributed by atoms with E-state index in [4.69, 9.17) is 4.74 Å². The van der Waals surface area contributed by atoms with Crippen LogP contribution in [0.3, 0.4) is 0 Å². The first-order valence-corrected chi connectivity index (χ1v) is 18.0. The minimum absolute atomic E-state index is 0.00721. The van der Waals surface area contributed by atoms with Crippen molar-refractivity contribution in [3.63, 3.8) is 0 Å². The third-order valence-electron chi connectivity index (χ3n) is 11.0. The molecule has 3 aromatic rings. The molecule has 2 saturated carbocycles. The summed E-state index contributed by atoms with van der Waals surface area (Å²) in [6, 6.07) is 12.4. The van der Waals surface area contributed by atoms with Gasteiger partial charge in [-0.15, -0.1) is 0 Å². The Morgan fingerprint density at radius 2 is 1.80 bits per heavy atom. The molecule has 2 amide bonds. The van der Waals surface area contributed by atoms with Gasteiger partial charge < -0.3 is 14.2 Å². The van der Waals surface area contributed by atoms with Crippen molar-refractivity contribution in [3.05, 3.63) is 53.1 Å². The normalized spacial score (nSPS) is 26.5. The van der Waals surface area contributed by atoms with E-state index in [9.17, 15) is 18.0 Å². The van der Waals surface area contributed by atoms with E-state index in [2.05, 4.69) is 31.2 Å². The van der Waals surface area contributed by atoms with Crippen LogP contribution in [0.5, 0.6) is 5.75 Å². The Bertz CT molecular complexity index is 1810. The molecule has 44 heavy (non-hydrogen) atoms. The van der Waals surface area contributed by atoms with Crippen molar-refractivity contribution >= 4 is 32.7 Å². The summed E-state index contributed by atoms with van der Waals surface area (Å²) in [6.07, 6.45) is 10.8. The zero-order chi connectivity index (χ0) is 30.4. The van der Waals surface area contributed by atoms with Crippen molar-refractivity contribution < 1.29 is 22.7 Å². The number of aromatic nitrogens is 1. The highest BCUT2D eigenvalue weighted by Gasteiger charge is 2.67. The first kappa shape index (κ1) is 28.1. The molecule has 1 aromatic heterocycles. The van der Waals surface area contributed by atoms with Crippen molar-refractivity contribution in [2.24, 2.45) is 0 Å². The largest absolute Gasteiger partial charge is 0.497 e. The molecule has 9 nitrogen and oxygen atoms in total. The highest BCUT2D eigenvalue weighted by Crippen LogP contribution is 2.67. The minimum atomic E-state index is -3.73. The molecule has 2 saturated heterocycles. The van der Waals surface area contributed by atoms with Crippen molar-refractivity contribution in [1.82, 2.24) is 19.1 Å². The monoisotopic (exact) mass is 616 g/mol. The SMILES string of the molecule is COc1ccc2c(c1)C1CC1(C(=O)N1CC[C@H]3CCCN3C1)n1c-2c(C2CCCCC2)c2ccc(C(=O)NS(C)(=O)=O)cc21. The molecular formula is C34H40N4O5S. The molecule has 2 aliphatic carbocycles. The summed E-state index contributed by atoms with van der Waals surface area (Å²) in [5.41, 5.74) is 4.97. The van der Waals surface area contributed by atoms with Gasteiger partial charge in [-0.3, -0.25) is 14.5 Å². The van der Waals surface area contributed by atoms with E-state index in [0.717, 1.165) is 72.1 Å². The summed E-state index contributed by atoms with van der Waals surface area (Å²) in [5, 5.41) is 1.06. The van der Waals surface area contributed by atoms with Crippen LogP contribution in [0.15, 0.2) is 36.4 Å². The number of sulfonamides is 1. The predicted octanol–water partition coefficient (Wildman–Crippen LogP) is 4.90. The average Bonchev–Trinajstić information content (AvgIpc) is 3.44. The summed E-state index contributed by atoms with van der Waals surface area (Å²) in [5.74, 6) is 0.621. The molecule has 0 bridgehead atoms. The lowest BCUT2D eigenvalue weighted by Crippen LogP contribution is -2.54. The van der Waals surface area contributed by atoms with Gasteiger partial charge in [-0.05, 0) is 85.9 Å². The van der Waals surface area contributed by atoms with E-state index in [-0.39, 0.29) is 17.4 Å². The number of nitrogens with zero attached hydrogens (tertiary/aromatic N) is 3. The second-order valence-electron chi connectivity index (χ2n) is 13.6. The highest BCUT2D eigenvalue weighted by atomic mass is 32.2. The molecule has 232 valence electrons. The fraction of sp³-hybridized carbons (Fsp3) is 0.529. The van der Waals surface area contributed by atoms with E-state index in [1.807, 2.05) is 18.2 Å². The van der Waals surface area contributed by atoms with Crippen molar-refractivity contribution in [3.8, 4) is 17.0 Å². The van der Waals surface area contributed by atoms with E-state index in [1.54, 1.807) is 13.2 Å². The van der Waals surface area contributed by atoms with E-state index in [1.165, 1.54) is 37.7 Å². The van der Waals surface area contributed by atoms with Crippen LogP contribution in [0, 0.1) is 0 Å². The molecule has 8 rings (SSSR count). The smallest absolute Gasteiger partial charge is 0.264 e. The molecule has 2 aromatic carbocycles. The zero-order valence-corrected chi connectivity index (χ0v) is 26.3. The van der Waals surface area contributed by atoms with E-state index in [0.29, 0.717) is 25.0 Å². The number of rotatable bonds is 5. The molecule has 2 unspecified atom stereocenters. The van der Waals surface area contributed by atoms with Gasteiger partial charge in [0.1, 0.15) is 11.3 Å². The average molecular weight is 617 g/mol. The number of methoxy groups -OCH3 is 1. The maximum absolute atomic E-state index is 15.0. The third-order valence-corrected chi connectivity index (χ3v) is 11.6. The number of carbonyl (C=O) groups is 2. The summed E-state index contributed by atoms with van der Waals surface area (Å²) >= 11 is 0. The highest BCUT2D eigenvalue weighted by molar-refractivity contribution is 7.89. The molecule has 4 fully saturated rings. The van der Waals surface area contributed by atoms with Crippen LogP contribution < -0.4 is 9.46 Å². The summed E-state index contributed by atoms with van der Waals surface area (Å²) in [4.78, 5) is 32.6. The number of carbonyl (C=O) groups excluding carboxylic acids is 2. The third kappa shape index (κ3) is 4.24. The van der Waals surface area contributed by atoms with Gasteiger partial charge in [-0.2, -0.15) is 0 Å². The number of amides is 2. The molecule has 0 radical (unpaired) electrons. The maximum atomic E-state index is 15.0. The Hall–Kier alpha value is -3.37. The van der Waals surface area contributed by atoms with E-state index >= 15 is 0 Å². The first-order valence-electron chi connectivity index (χ1n) is 16.1. The molecule has 1 N–H and O–H groups in total. The number of hydrogen-bond acceptors (Lipinski definition) is 6. The fourth-order valence-electron chi connectivity index (χ4n) is 8.98. The standard InChI is InChI=1S/C34H40N4O5S/c1-43-24-11-13-25-27(18-24)28-19-34(28,33(40)37-16-14-23-9-6-15-36(23)20-37)38-29-17-22(32(39)35-44(2,41)42)10-12-26(29)30(31(25)38)21-7-4-3-5-8-21/h10-13,17-18,21,23,28H,3-9,14-16,19-20H2,1-2H3,(H,35,39)/t23-,28?,34?/m1/s1. The van der Waals surface area contributed by atoms with Crippen LogP contribution in [0.4, 0.5) is 0 Å². The van der Waals surface area contributed by atoms with Gasteiger partial charge in [-0.1, -0.05) is 25.3 Å². The molecule has 5 aliphatic rings. The van der Waals surface area contributed by atoms with Crippen molar-refractivity contribution in [2.75, 3.05) is 33.1 Å². The molecule has 10 heteroatoms. The molecule has 3 atom stereocenters. The number of ether oxygens (including phenoxy) is 1. The second-order valence-corrected chi connectivity index (χ2v) is 15.4. The van der Waals surface area contributed by atoms with Gasteiger partial charge >= 0.3 is 0 Å². The summed E-state index contributed by atoms with van der Waals surface area (Å²) in [7, 11) is -2.05. The predicted molar refractivity (Wildman–Crippen MR) is 168 cm³/mol. The minimum Gasteiger partial charge on any atom is -0.497 e. The molecule has 4 heterocycles. The number of nitrogens with one attached hydrogen (secondary N) is 1. The fourth-order valence-corrected chi connectivity index (χ4v) is 9.43. The van der Waals surface area contributed by atoms with Gasteiger partial charge in [0.25, 0.3) is 11.8 Å². The Balaban J connectivity index is 1.36. The van der Waals surface area contributed by atoms with Crippen LogP contribution in [-0.4, -0.2) is 73.8 Å². The van der Waals surface area contributed by atoms with Crippen LogP contribution in [0.2, 0.25) is 0 Å². The van der Waals surface area contributed by atoms with Gasteiger partial charge in [0, 0.05) is 41.6 Å². The quantitative estimate of drug-likeness (QED) is 0.438. The van der Waals surface area contributed by atoms with Crippen LogP contribution in [0.1, 0.15) is 91.1 Å². The Morgan fingerprint density at radius 3 is 2.57 bits per heavy atom. The first-order chi connectivity index (χ1) is 21.2. The number of fused-ring (bicyclic) bond motifs is 9. The lowest BCUT2D eigenvalue weighted by atomic mass is 9.80. The Morgan fingerprint density at radius 1 is 0.977 bits per heavy atom. The van der Waals surface area contributed by atoms with Crippen molar-refractivity contribution in [1.29, 1.82) is 0 Å². The lowest BCUT2D eigenvalue weighted by Gasteiger charge is -2.41.